The first-order valence-electron chi connectivity index (χ1n) is 3.80. The minimum Gasteiger partial charge on any atom is -0.125 e. The Morgan fingerprint density at radius 1 is 1.15 bits per heavy atom. The molecule has 0 radical (unpaired) electrons. The summed E-state index contributed by atoms with van der Waals surface area (Å²) in [6, 6.07) is 6.95. The van der Waals surface area contributed by atoms with Crippen molar-refractivity contribution >= 4 is 39.2 Å². The number of rotatable bonds is 3. The first-order chi connectivity index (χ1) is 6.05. The zero-order chi connectivity index (χ0) is 9.90. The molecule has 13 heavy (non-hydrogen) atoms. The predicted octanol–water partition coefficient (Wildman–Crippen LogP) is 4.15. The third-order valence-corrected chi connectivity index (χ3v) is 5.14. The highest BCUT2D eigenvalue weighted by atomic mass is 35.8. The van der Waals surface area contributed by atoms with Crippen LogP contribution in [0.2, 0.25) is 0 Å². The lowest BCUT2D eigenvalue weighted by Crippen LogP contribution is -2.21. The Balaban J connectivity index is 2.99. The molecule has 0 aliphatic rings. The Morgan fingerprint density at radius 2 is 1.69 bits per heavy atom. The van der Waals surface area contributed by atoms with Crippen LogP contribution >= 0.6 is 33.2 Å². The maximum atomic E-state index is 5.93. The second-order valence-corrected chi connectivity index (χ2v) is 11.5. The molecule has 1 rings (SSSR count). The highest BCUT2D eigenvalue weighted by Crippen LogP contribution is 2.37. The molecule has 70 valence electrons. The van der Waals surface area contributed by atoms with E-state index < -0.39 is 6.00 Å². The lowest BCUT2D eigenvalue weighted by molar-refractivity contribution is 1.20. The van der Waals surface area contributed by atoms with Gasteiger partial charge in [0.2, 0.25) is 0 Å². The number of benzene rings is 1. The van der Waals surface area contributed by atoms with Gasteiger partial charge in [-0.1, -0.05) is 36.4 Å². The fourth-order valence-corrected chi connectivity index (χ4v) is 3.89. The first-order valence-corrected chi connectivity index (χ1v) is 8.91. The first kappa shape index (κ1) is 11.1. The molecule has 1 aromatic carbocycles. The molecule has 0 aliphatic heterocycles. The molecule has 0 saturated heterocycles. The Labute approximate surface area is 93.2 Å². The summed E-state index contributed by atoms with van der Waals surface area (Å²) in [4.78, 5) is 0. The summed E-state index contributed by atoms with van der Waals surface area (Å²) < 4.78 is 0. The third-order valence-electron chi connectivity index (χ3n) is 1.75. The highest BCUT2D eigenvalue weighted by Gasteiger charge is 2.35. The SMILES string of the molecule is C=CC(c1ccccc1)[Si](Cl)(Cl)Cl. The van der Waals surface area contributed by atoms with Crippen molar-refractivity contribution < 1.29 is 0 Å². The largest absolute Gasteiger partial charge is 0.352 e. The van der Waals surface area contributed by atoms with Gasteiger partial charge < -0.3 is 0 Å². The summed E-state index contributed by atoms with van der Waals surface area (Å²) in [6.07, 6.45) is 1.70. The maximum absolute atomic E-state index is 5.93. The molecule has 0 nitrogen and oxygen atoms in total. The van der Waals surface area contributed by atoms with Gasteiger partial charge in [0.25, 0.3) is 0 Å². The van der Waals surface area contributed by atoms with E-state index in [4.69, 9.17) is 33.2 Å². The molecular formula is C9H9Cl3Si. The number of hydrogen-bond acceptors (Lipinski definition) is 0. The van der Waals surface area contributed by atoms with Crippen LogP contribution in [-0.4, -0.2) is 6.00 Å². The van der Waals surface area contributed by atoms with Crippen molar-refractivity contribution in [3.05, 3.63) is 48.6 Å². The number of hydrogen-bond donors (Lipinski definition) is 0. The van der Waals surface area contributed by atoms with Crippen molar-refractivity contribution in [3.8, 4) is 0 Å². The lowest BCUT2D eigenvalue weighted by atomic mass is 10.1. The molecule has 4 heteroatoms. The average molecular weight is 252 g/mol. The molecule has 1 aromatic rings. The van der Waals surface area contributed by atoms with Gasteiger partial charge in [0.15, 0.2) is 0 Å². The van der Waals surface area contributed by atoms with E-state index in [2.05, 4.69) is 6.58 Å². The second kappa shape index (κ2) is 4.51. The molecule has 0 heterocycles. The monoisotopic (exact) mass is 250 g/mol. The van der Waals surface area contributed by atoms with E-state index in [-0.39, 0.29) is 5.54 Å². The van der Waals surface area contributed by atoms with Crippen LogP contribution in [-0.2, 0) is 0 Å². The highest BCUT2D eigenvalue weighted by molar-refractivity contribution is 7.65. The van der Waals surface area contributed by atoms with E-state index in [1.807, 2.05) is 30.3 Å². The molecule has 0 aliphatic carbocycles. The van der Waals surface area contributed by atoms with Gasteiger partial charge in [-0.3, -0.25) is 0 Å². The summed E-state index contributed by atoms with van der Waals surface area (Å²) in [7, 11) is 0. The zero-order valence-electron chi connectivity index (χ0n) is 6.88. The molecule has 0 saturated carbocycles. The predicted molar refractivity (Wildman–Crippen MR) is 62.7 cm³/mol. The van der Waals surface area contributed by atoms with Crippen LogP contribution in [0.25, 0.3) is 0 Å². The average Bonchev–Trinajstić information content (AvgIpc) is 2.05. The van der Waals surface area contributed by atoms with Gasteiger partial charge in [-0.05, 0) is 5.56 Å². The van der Waals surface area contributed by atoms with Crippen molar-refractivity contribution in [1.82, 2.24) is 0 Å². The van der Waals surface area contributed by atoms with Gasteiger partial charge in [0.1, 0.15) is 0 Å². The maximum Gasteiger partial charge on any atom is 0.352 e. The van der Waals surface area contributed by atoms with E-state index in [1.54, 1.807) is 6.08 Å². The Hall–Kier alpha value is 0.0469. The molecule has 0 aromatic heterocycles. The summed E-state index contributed by atoms with van der Waals surface area (Å²) in [5.74, 6) is 0. The standard InChI is InChI=1S/C9H9Cl3Si/c1-2-9(13(10,11)12)8-6-4-3-5-7-8/h2-7,9H,1H2. The minimum absolute atomic E-state index is 0.126. The van der Waals surface area contributed by atoms with Crippen LogP contribution in [0.1, 0.15) is 11.1 Å². The fourth-order valence-electron chi connectivity index (χ4n) is 1.12. The molecule has 0 spiro atoms. The van der Waals surface area contributed by atoms with Gasteiger partial charge >= 0.3 is 6.00 Å². The molecule has 1 unspecified atom stereocenters. The van der Waals surface area contributed by atoms with Crippen LogP contribution in [0.4, 0.5) is 0 Å². The Bertz CT molecular complexity index is 279. The molecule has 0 amide bonds. The fraction of sp³-hybridized carbons (Fsp3) is 0.111. The van der Waals surface area contributed by atoms with Gasteiger partial charge in [-0.2, -0.15) is 0 Å². The molecule has 0 fully saturated rings. The van der Waals surface area contributed by atoms with Crippen LogP contribution in [0.15, 0.2) is 43.0 Å². The molecule has 1 atom stereocenters. The number of halogens is 3. The summed E-state index contributed by atoms with van der Waals surface area (Å²) >= 11 is 17.8. The Kier molecular flexibility index (Phi) is 3.86. The van der Waals surface area contributed by atoms with Crippen LogP contribution in [0.3, 0.4) is 0 Å². The van der Waals surface area contributed by atoms with E-state index in [0.717, 1.165) is 5.56 Å². The second-order valence-electron chi connectivity index (χ2n) is 2.67. The zero-order valence-corrected chi connectivity index (χ0v) is 10.2. The van der Waals surface area contributed by atoms with E-state index in [0.29, 0.717) is 0 Å². The number of allylic oxidation sites excluding steroid dienone is 1. The van der Waals surface area contributed by atoms with Gasteiger partial charge in [0.05, 0.1) is 0 Å². The van der Waals surface area contributed by atoms with E-state index in [9.17, 15) is 0 Å². The van der Waals surface area contributed by atoms with Crippen LogP contribution in [0.5, 0.6) is 0 Å². The van der Waals surface area contributed by atoms with Crippen LogP contribution < -0.4 is 0 Å². The lowest BCUT2D eigenvalue weighted by Gasteiger charge is -2.18. The topological polar surface area (TPSA) is 0 Å². The van der Waals surface area contributed by atoms with Crippen LogP contribution in [0, 0.1) is 0 Å². The Morgan fingerprint density at radius 3 is 2.08 bits per heavy atom. The molecular weight excluding hydrogens is 243 g/mol. The van der Waals surface area contributed by atoms with Crippen molar-refractivity contribution in [2.45, 2.75) is 5.54 Å². The minimum atomic E-state index is -2.73. The summed E-state index contributed by atoms with van der Waals surface area (Å²) in [5, 5.41) is 0. The van der Waals surface area contributed by atoms with Crippen molar-refractivity contribution in [2.24, 2.45) is 0 Å². The smallest absolute Gasteiger partial charge is 0.125 e. The third kappa shape index (κ3) is 3.03. The van der Waals surface area contributed by atoms with E-state index >= 15 is 0 Å². The molecule has 0 bridgehead atoms. The summed E-state index contributed by atoms with van der Waals surface area (Å²) in [6.45, 7) is 3.69. The molecule has 0 N–H and O–H groups in total. The quantitative estimate of drug-likeness (QED) is 0.430. The van der Waals surface area contributed by atoms with Crippen molar-refractivity contribution in [2.75, 3.05) is 0 Å². The summed E-state index contributed by atoms with van der Waals surface area (Å²) in [5.41, 5.74) is 0.892. The van der Waals surface area contributed by atoms with Crippen molar-refractivity contribution in [3.63, 3.8) is 0 Å². The van der Waals surface area contributed by atoms with Gasteiger partial charge in [-0.25, -0.2) is 0 Å². The van der Waals surface area contributed by atoms with Gasteiger partial charge in [-0.15, -0.1) is 39.8 Å². The van der Waals surface area contributed by atoms with Gasteiger partial charge in [0, 0.05) is 5.54 Å². The van der Waals surface area contributed by atoms with E-state index in [1.165, 1.54) is 0 Å². The van der Waals surface area contributed by atoms with Crippen molar-refractivity contribution in [1.29, 1.82) is 0 Å². The normalized spacial score (nSPS) is 13.8.